The fourth-order valence-corrected chi connectivity index (χ4v) is 1.20. The van der Waals surface area contributed by atoms with Gasteiger partial charge in [-0.1, -0.05) is 26.0 Å². The Hall–Kier alpha value is -1.33. The van der Waals surface area contributed by atoms with Crippen LogP contribution in [0.2, 0.25) is 0 Å². The molecule has 0 saturated heterocycles. The highest BCUT2D eigenvalue weighted by Crippen LogP contribution is 2.19. The van der Waals surface area contributed by atoms with Gasteiger partial charge < -0.3 is 5.73 Å². The van der Waals surface area contributed by atoms with Crippen LogP contribution in [0.5, 0.6) is 0 Å². The third-order valence-electron chi connectivity index (χ3n) is 2.12. The Labute approximate surface area is 79.0 Å². The largest absolute Gasteiger partial charge is 0.324 e. The highest BCUT2D eigenvalue weighted by Gasteiger charge is 2.09. The fraction of sp³-hybridized carbons (Fsp3) is 0.364. The number of nitrogens with two attached hydrogens (primary N) is 1. The van der Waals surface area contributed by atoms with Gasteiger partial charge in [-0.25, -0.2) is 0 Å². The molecule has 0 radical (unpaired) electrons. The van der Waals surface area contributed by atoms with E-state index in [1.807, 2.05) is 18.2 Å². The van der Waals surface area contributed by atoms with Crippen LogP contribution in [0.1, 0.15) is 31.0 Å². The zero-order valence-corrected chi connectivity index (χ0v) is 7.99. The van der Waals surface area contributed by atoms with Crippen LogP contribution in [-0.2, 0) is 0 Å². The second-order valence-electron chi connectivity index (χ2n) is 3.51. The topological polar surface area (TPSA) is 49.8 Å². The van der Waals surface area contributed by atoms with Crippen molar-refractivity contribution in [3.63, 3.8) is 0 Å². The lowest BCUT2D eigenvalue weighted by atomic mass is 9.96. The summed E-state index contributed by atoms with van der Waals surface area (Å²) in [6, 6.07) is 9.60. The van der Waals surface area contributed by atoms with E-state index in [0.29, 0.717) is 11.5 Å². The lowest BCUT2D eigenvalue weighted by molar-refractivity contribution is 0.514. The van der Waals surface area contributed by atoms with Crippen molar-refractivity contribution in [1.82, 2.24) is 0 Å². The third kappa shape index (κ3) is 2.30. The first-order chi connectivity index (χ1) is 6.15. The summed E-state index contributed by atoms with van der Waals surface area (Å²) < 4.78 is 0. The van der Waals surface area contributed by atoms with Gasteiger partial charge in [0.1, 0.15) is 0 Å². The second kappa shape index (κ2) is 4.06. The van der Waals surface area contributed by atoms with Crippen molar-refractivity contribution in [3.8, 4) is 6.07 Å². The predicted molar refractivity (Wildman–Crippen MR) is 52.9 cm³/mol. The lowest BCUT2D eigenvalue weighted by Gasteiger charge is -2.15. The van der Waals surface area contributed by atoms with Gasteiger partial charge in [-0.15, -0.1) is 0 Å². The van der Waals surface area contributed by atoms with Gasteiger partial charge in [-0.2, -0.15) is 5.26 Å². The van der Waals surface area contributed by atoms with Crippen molar-refractivity contribution >= 4 is 0 Å². The Kier molecular flexibility index (Phi) is 3.05. The molecule has 68 valence electrons. The molecule has 13 heavy (non-hydrogen) atoms. The maximum atomic E-state index is 8.69. The molecule has 0 bridgehead atoms. The molecule has 0 aromatic heterocycles. The summed E-state index contributed by atoms with van der Waals surface area (Å²) in [6.45, 7) is 4.15. The van der Waals surface area contributed by atoms with Crippen LogP contribution in [0.15, 0.2) is 24.3 Å². The number of hydrogen-bond donors (Lipinski definition) is 1. The smallest absolute Gasteiger partial charge is 0.0991 e. The van der Waals surface area contributed by atoms with E-state index >= 15 is 0 Å². The summed E-state index contributed by atoms with van der Waals surface area (Å²) in [4.78, 5) is 0. The molecule has 0 saturated carbocycles. The average Bonchev–Trinajstić information content (AvgIpc) is 2.16. The standard InChI is InChI=1S/C11H14N2/c1-8(2)11(13)10-5-3-4-9(6-10)7-12/h3-6,8,11H,13H2,1-2H3/t11-/m1/s1. The summed E-state index contributed by atoms with van der Waals surface area (Å²) >= 11 is 0. The molecule has 1 atom stereocenters. The molecule has 0 unspecified atom stereocenters. The van der Waals surface area contributed by atoms with Crippen LogP contribution < -0.4 is 5.73 Å². The van der Waals surface area contributed by atoms with Crippen LogP contribution in [-0.4, -0.2) is 0 Å². The SMILES string of the molecule is CC(C)[C@@H](N)c1cccc(C#N)c1. The maximum Gasteiger partial charge on any atom is 0.0991 e. The van der Waals surface area contributed by atoms with Crippen LogP contribution in [0.25, 0.3) is 0 Å². The third-order valence-corrected chi connectivity index (χ3v) is 2.12. The van der Waals surface area contributed by atoms with E-state index in [2.05, 4.69) is 19.9 Å². The van der Waals surface area contributed by atoms with Crippen molar-refractivity contribution in [2.24, 2.45) is 11.7 Å². The Morgan fingerprint density at radius 2 is 2.08 bits per heavy atom. The van der Waals surface area contributed by atoms with Gasteiger partial charge in [0.2, 0.25) is 0 Å². The molecule has 0 aliphatic heterocycles. The van der Waals surface area contributed by atoms with E-state index in [9.17, 15) is 0 Å². The molecule has 0 aliphatic carbocycles. The van der Waals surface area contributed by atoms with Crippen LogP contribution in [0, 0.1) is 17.2 Å². The summed E-state index contributed by atoms with van der Waals surface area (Å²) in [5, 5.41) is 8.69. The summed E-state index contributed by atoms with van der Waals surface area (Å²) in [5.41, 5.74) is 7.66. The van der Waals surface area contributed by atoms with E-state index in [0.717, 1.165) is 5.56 Å². The molecule has 2 N–H and O–H groups in total. The Balaban J connectivity index is 2.96. The number of nitrogens with zero attached hydrogens (tertiary/aromatic N) is 1. The molecular formula is C11H14N2. The monoisotopic (exact) mass is 174 g/mol. The van der Waals surface area contributed by atoms with Gasteiger partial charge in [0.15, 0.2) is 0 Å². The van der Waals surface area contributed by atoms with Gasteiger partial charge in [-0.3, -0.25) is 0 Å². The number of benzene rings is 1. The predicted octanol–water partition coefficient (Wildman–Crippen LogP) is 2.21. The fourth-order valence-electron chi connectivity index (χ4n) is 1.20. The molecule has 2 nitrogen and oxygen atoms in total. The number of rotatable bonds is 2. The average molecular weight is 174 g/mol. The first-order valence-corrected chi connectivity index (χ1v) is 4.41. The highest BCUT2D eigenvalue weighted by molar-refractivity contribution is 5.34. The van der Waals surface area contributed by atoms with E-state index in [1.165, 1.54) is 0 Å². The van der Waals surface area contributed by atoms with Gasteiger partial charge in [0.05, 0.1) is 11.6 Å². The Morgan fingerprint density at radius 3 is 2.62 bits per heavy atom. The van der Waals surface area contributed by atoms with E-state index < -0.39 is 0 Å². The van der Waals surface area contributed by atoms with Gasteiger partial charge in [0, 0.05) is 6.04 Å². The van der Waals surface area contributed by atoms with Gasteiger partial charge >= 0.3 is 0 Å². The number of nitriles is 1. The molecule has 0 spiro atoms. The highest BCUT2D eigenvalue weighted by atomic mass is 14.6. The quantitative estimate of drug-likeness (QED) is 0.747. The molecule has 2 heteroatoms. The number of hydrogen-bond acceptors (Lipinski definition) is 2. The molecule has 0 amide bonds. The van der Waals surface area contributed by atoms with Crippen molar-refractivity contribution in [3.05, 3.63) is 35.4 Å². The van der Waals surface area contributed by atoms with Crippen molar-refractivity contribution in [2.45, 2.75) is 19.9 Å². The van der Waals surface area contributed by atoms with Crippen LogP contribution in [0.3, 0.4) is 0 Å². The molecule has 0 fully saturated rings. The first kappa shape index (κ1) is 9.76. The minimum Gasteiger partial charge on any atom is -0.324 e. The van der Waals surface area contributed by atoms with Gasteiger partial charge in [-0.05, 0) is 23.6 Å². The van der Waals surface area contributed by atoms with Crippen molar-refractivity contribution < 1.29 is 0 Å². The molecule has 0 aliphatic rings. The van der Waals surface area contributed by atoms with Crippen molar-refractivity contribution in [1.29, 1.82) is 5.26 Å². The summed E-state index contributed by atoms with van der Waals surface area (Å²) in [6.07, 6.45) is 0. The zero-order valence-electron chi connectivity index (χ0n) is 7.99. The summed E-state index contributed by atoms with van der Waals surface area (Å²) in [5.74, 6) is 0.397. The summed E-state index contributed by atoms with van der Waals surface area (Å²) in [7, 11) is 0. The lowest BCUT2D eigenvalue weighted by Crippen LogP contribution is -2.16. The van der Waals surface area contributed by atoms with Crippen molar-refractivity contribution in [2.75, 3.05) is 0 Å². The minimum atomic E-state index is 0.0216. The Bertz CT molecular complexity index is 323. The van der Waals surface area contributed by atoms with Crippen LogP contribution in [0.4, 0.5) is 0 Å². The molecule has 1 rings (SSSR count). The minimum absolute atomic E-state index is 0.0216. The molecule has 0 heterocycles. The molecule has 1 aromatic rings. The first-order valence-electron chi connectivity index (χ1n) is 4.41. The molecule has 1 aromatic carbocycles. The molecular weight excluding hydrogens is 160 g/mol. The van der Waals surface area contributed by atoms with E-state index in [-0.39, 0.29) is 6.04 Å². The van der Waals surface area contributed by atoms with E-state index in [4.69, 9.17) is 11.0 Å². The van der Waals surface area contributed by atoms with Crippen LogP contribution >= 0.6 is 0 Å². The second-order valence-corrected chi connectivity index (χ2v) is 3.51. The normalized spacial score (nSPS) is 12.5. The van der Waals surface area contributed by atoms with E-state index in [1.54, 1.807) is 6.07 Å². The Morgan fingerprint density at radius 1 is 1.38 bits per heavy atom. The maximum absolute atomic E-state index is 8.69. The van der Waals surface area contributed by atoms with Gasteiger partial charge in [0.25, 0.3) is 0 Å². The zero-order chi connectivity index (χ0) is 9.84.